The van der Waals surface area contributed by atoms with Crippen LogP contribution in [0.3, 0.4) is 0 Å². The molecule has 6 heterocycles. The number of para-hydroxylation sites is 1. The Labute approximate surface area is 202 Å². The SMILES string of the molecule is C1=Cc2cc3ccc(cc4ccc(cc5nc(cc1n2)C=C5)[nH]4)[nH]3.C1=Cc2ccccc2NN=C1. The molecule has 6 nitrogen and oxygen atoms in total. The highest BCUT2D eigenvalue weighted by molar-refractivity contribution is 5.84. The Morgan fingerprint density at radius 2 is 1.06 bits per heavy atom. The van der Waals surface area contributed by atoms with Crippen molar-refractivity contribution in [2.24, 2.45) is 5.10 Å². The molecule has 0 saturated heterocycles. The van der Waals surface area contributed by atoms with Gasteiger partial charge in [-0.05, 0) is 90.5 Å². The van der Waals surface area contributed by atoms with Crippen LogP contribution in [0.5, 0.6) is 0 Å². The summed E-state index contributed by atoms with van der Waals surface area (Å²) in [6.45, 7) is 0. The van der Waals surface area contributed by atoms with E-state index in [1.54, 1.807) is 6.21 Å². The summed E-state index contributed by atoms with van der Waals surface area (Å²) in [6, 6.07) is 24.5. The third-order valence-corrected chi connectivity index (χ3v) is 5.62. The van der Waals surface area contributed by atoms with Crippen molar-refractivity contribution in [1.29, 1.82) is 0 Å². The molecule has 7 rings (SSSR count). The van der Waals surface area contributed by atoms with Gasteiger partial charge in [-0.15, -0.1) is 0 Å². The predicted molar refractivity (Wildman–Crippen MR) is 146 cm³/mol. The minimum atomic E-state index is 0.915. The number of fused-ring (bicyclic) bond motifs is 9. The van der Waals surface area contributed by atoms with Crippen LogP contribution < -0.4 is 5.43 Å². The molecular formula is C29H22N6. The van der Waals surface area contributed by atoms with E-state index in [0.717, 1.165) is 50.5 Å². The maximum atomic E-state index is 4.62. The number of hydrogen-bond donors (Lipinski definition) is 3. The first kappa shape index (κ1) is 20.6. The highest BCUT2D eigenvalue weighted by Crippen LogP contribution is 2.18. The molecule has 6 heteroatoms. The number of aromatic nitrogens is 4. The van der Waals surface area contributed by atoms with Gasteiger partial charge in [0.2, 0.25) is 0 Å². The zero-order valence-electron chi connectivity index (χ0n) is 18.8. The number of H-pyrrole nitrogens is 2. The Bertz CT molecular complexity index is 1590. The second-order valence-corrected chi connectivity index (χ2v) is 8.24. The van der Waals surface area contributed by atoms with Gasteiger partial charge in [-0.3, -0.25) is 5.43 Å². The van der Waals surface area contributed by atoms with Crippen LogP contribution in [0.1, 0.15) is 28.3 Å². The molecule has 0 amide bonds. The number of aromatic amines is 2. The van der Waals surface area contributed by atoms with E-state index in [1.165, 1.54) is 5.56 Å². The molecule has 0 fully saturated rings. The van der Waals surface area contributed by atoms with E-state index >= 15 is 0 Å². The molecule has 4 aromatic rings. The van der Waals surface area contributed by atoms with Crippen LogP contribution in [0, 0.1) is 0 Å². The average Bonchev–Trinajstić information content (AvgIpc) is 3.65. The first-order valence-electron chi connectivity index (χ1n) is 11.4. The van der Waals surface area contributed by atoms with Gasteiger partial charge in [0.05, 0.1) is 28.5 Å². The van der Waals surface area contributed by atoms with E-state index in [0.29, 0.717) is 0 Å². The van der Waals surface area contributed by atoms with Crippen LogP contribution >= 0.6 is 0 Å². The van der Waals surface area contributed by atoms with Gasteiger partial charge < -0.3 is 9.97 Å². The first-order chi connectivity index (χ1) is 17.3. The Hall–Kier alpha value is -4.97. The molecule has 0 radical (unpaired) electrons. The fourth-order valence-corrected chi connectivity index (χ4v) is 3.98. The number of anilines is 1. The topological polar surface area (TPSA) is 81.8 Å². The van der Waals surface area contributed by atoms with Crippen molar-refractivity contribution in [2.45, 2.75) is 0 Å². The maximum absolute atomic E-state index is 4.62. The van der Waals surface area contributed by atoms with Crippen molar-refractivity contribution < 1.29 is 0 Å². The number of nitrogens with zero attached hydrogens (tertiary/aromatic N) is 3. The summed E-state index contributed by atoms with van der Waals surface area (Å²) in [5.74, 6) is 0. The summed E-state index contributed by atoms with van der Waals surface area (Å²) in [5.41, 5.74) is 13.0. The van der Waals surface area contributed by atoms with E-state index in [1.807, 2.05) is 78.9 Å². The van der Waals surface area contributed by atoms with Gasteiger partial charge in [0.1, 0.15) is 0 Å². The fourth-order valence-electron chi connectivity index (χ4n) is 3.98. The lowest BCUT2D eigenvalue weighted by Gasteiger charge is -2.00. The van der Waals surface area contributed by atoms with E-state index in [2.05, 4.69) is 60.8 Å². The van der Waals surface area contributed by atoms with Gasteiger partial charge in [-0.25, -0.2) is 9.97 Å². The van der Waals surface area contributed by atoms with Crippen LogP contribution in [-0.4, -0.2) is 26.2 Å². The molecule has 0 spiro atoms. The summed E-state index contributed by atoms with van der Waals surface area (Å²) >= 11 is 0. The molecule has 168 valence electrons. The van der Waals surface area contributed by atoms with E-state index in [4.69, 9.17) is 0 Å². The molecule has 35 heavy (non-hydrogen) atoms. The summed E-state index contributed by atoms with van der Waals surface area (Å²) < 4.78 is 0. The zero-order chi connectivity index (χ0) is 23.5. The monoisotopic (exact) mass is 454 g/mol. The summed E-state index contributed by atoms with van der Waals surface area (Å²) in [7, 11) is 0. The van der Waals surface area contributed by atoms with Crippen molar-refractivity contribution in [1.82, 2.24) is 19.9 Å². The zero-order valence-corrected chi connectivity index (χ0v) is 18.8. The summed E-state index contributed by atoms with van der Waals surface area (Å²) in [4.78, 5) is 16.0. The standard InChI is InChI=1S/C20H14N4.C9H8N2/c1-2-14-10-16-5-6-18(23-16)12-20-8-7-19(24-20)11-17-4-3-15(22-17)9-13(1)21-14;1-2-6-9-8(4-1)5-3-7-10-11-9/h1-12,21-22H;1-7,11H. The minimum absolute atomic E-state index is 0.915. The van der Waals surface area contributed by atoms with Crippen LogP contribution in [0.2, 0.25) is 0 Å². The quantitative estimate of drug-likeness (QED) is 0.237. The largest absolute Gasteiger partial charge is 0.355 e. The van der Waals surface area contributed by atoms with Crippen molar-refractivity contribution in [2.75, 3.05) is 5.43 Å². The normalized spacial score (nSPS) is 12.9. The molecule has 3 aromatic heterocycles. The number of nitrogens with one attached hydrogen (secondary N) is 3. The van der Waals surface area contributed by atoms with Gasteiger partial charge in [-0.2, -0.15) is 5.10 Å². The van der Waals surface area contributed by atoms with Crippen molar-refractivity contribution in [3.8, 4) is 0 Å². The molecule has 0 atom stereocenters. The maximum Gasteiger partial charge on any atom is 0.0659 e. The Balaban J connectivity index is 0.000000174. The van der Waals surface area contributed by atoms with Gasteiger partial charge in [-0.1, -0.05) is 24.3 Å². The summed E-state index contributed by atoms with van der Waals surface area (Å²) in [5, 5.41) is 3.95. The van der Waals surface area contributed by atoms with Crippen LogP contribution in [0.4, 0.5) is 5.69 Å². The van der Waals surface area contributed by atoms with E-state index in [-0.39, 0.29) is 0 Å². The lowest BCUT2D eigenvalue weighted by molar-refractivity contribution is 1.28. The molecule has 8 bridgehead atoms. The van der Waals surface area contributed by atoms with Gasteiger partial charge in [0, 0.05) is 28.3 Å². The Morgan fingerprint density at radius 1 is 0.514 bits per heavy atom. The molecule has 1 aromatic carbocycles. The van der Waals surface area contributed by atoms with Crippen LogP contribution in [0.15, 0.2) is 84.0 Å². The Kier molecular flexibility index (Phi) is 5.37. The Morgan fingerprint density at radius 3 is 1.69 bits per heavy atom. The molecule has 3 aliphatic heterocycles. The molecule has 3 aliphatic rings. The third-order valence-electron chi connectivity index (χ3n) is 5.62. The average molecular weight is 455 g/mol. The van der Waals surface area contributed by atoms with Crippen molar-refractivity contribution in [3.05, 3.63) is 107 Å². The third kappa shape index (κ3) is 4.86. The van der Waals surface area contributed by atoms with Gasteiger partial charge in [0.15, 0.2) is 0 Å². The number of allylic oxidation sites excluding steroid dienone is 1. The minimum Gasteiger partial charge on any atom is -0.355 e. The van der Waals surface area contributed by atoms with Crippen molar-refractivity contribution in [3.63, 3.8) is 0 Å². The smallest absolute Gasteiger partial charge is 0.0659 e. The lowest BCUT2D eigenvalue weighted by Crippen LogP contribution is -1.87. The highest BCUT2D eigenvalue weighted by atomic mass is 15.3. The van der Waals surface area contributed by atoms with Crippen molar-refractivity contribution >= 4 is 64.3 Å². The molecule has 0 unspecified atom stereocenters. The fraction of sp³-hybridized carbons (Fsp3) is 0. The molecular weight excluding hydrogens is 432 g/mol. The predicted octanol–water partition coefficient (Wildman–Crippen LogP) is 6.77. The molecule has 3 N–H and O–H groups in total. The van der Waals surface area contributed by atoms with E-state index in [9.17, 15) is 0 Å². The van der Waals surface area contributed by atoms with Crippen LogP contribution in [-0.2, 0) is 0 Å². The number of hydrogen-bond acceptors (Lipinski definition) is 4. The van der Waals surface area contributed by atoms with E-state index < -0.39 is 0 Å². The molecule has 0 aliphatic carbocycles. The number of benzene rings is 1. The molecule has 0 saturated carbocycles. The van der Waals surface area contributed by atoms with Crippen LogP contribution in [0.25, 0.3) is 52.4 Å². The lowest BCUT2D eigenvalue weighted by atomic mass is 10.2. The van der Waals surface area contributed by atoms with Gasteiger partial charge in [0.25, 0.3) is 0 Å². The second kappa shape index (κ2) is 9.11. The second-order valence-electron chi connectivity index (χ2n) is 8.24. The summed E-state index contributed by atoms with van der Waals surface area (Å²) in [6.07, 6.45) is 13.7. The highest BCUT2D eigenvalue weighted by Gasteiger charge is 2.02. The first-order valence-corrected chi connectivity index (χ1v) is 11.4. The van der Waals surface area contributed by atoms with Gasteiger partial charge >= 0.3 is 0 Å². The number of rotatable bonds is 0. The number of hydrazone groups is 1.